The number of nitrogens with one attached hydrogen (secondary N) is 1. The zero-order chi connectivity index (χ0) is 28.3. The van der Waals surface area contributed by atoms with E-state index in [1.807, 2.05) is 11.9 Å². The van der Waals surface area contributed by atoms with E-state index in [9.17, 15) is 22.4 Å². The van der Waals surface area contributed by atoms with Gasteiger partial charge in [-0.1, -0.05) is 29.5 Å². The number of alkyl halides is 3. The predicted molar refractivity (Wildman–Crippen MR) is 143 cm³/mol. The molecule has 204 valence electrons. The maximum absolute atomic E-state index is 13.9. The Kier molecular flexibility index (Phi) is 8.45. The van der Waals surface area contributed by atoms with Gasteiger partial charge in [0.1, 0.15) is 0 Å². The molecule has 0 unspecified atom stereocenters. The molecule has 1 amide bonds. The number of carbonyl (C=O) groups is 1. The SMILES string of the molecule is Cc1cc(Cl)c(C(=O)Nc2ccc(CN3CCN(C)CC3)c(C(F)(F)F)c2)cc1C#Cc1cnc(N)c(F)c1. The lowest BCUT2D eigenvalue weighted by molar-refractivity contribution is -0.138. The van der Waals surface area contributed by atoms with E-state index in [4.69, 9.17) is 17.3 Å². The van der Waals surface area contributed by atoms with Crippen molar-refractivity contribution in [2.24, 2.45) is 0 Å². The number of piperazine rings is 1. The number of halogens is 5. The second kappa shape index (κ2) is 11.6. The smallest absolute Gasteiger partial charge is 0.381 e. The molecule has 2 heterocycles. The molecule has 0 bridgehead atoms. The van der Waals surface area contributed by atoms with Crippen molar-refractivity contribution in [2.75, 3.05) is 44.3 Å². The first-order valence-electron chi connectivity index (χ1n) is 12.1. The fourth-order valence-electron chi connectivity index (χ4n) is 4.14. The fourth-order valence-corrected chi connectivity index (χ4v) is 4.44. The van der Waals surface area contributed by atoms with E-state index in [2.05, 4.69) is 27.0 Å². The first-order valence-corrected chi connectivity index (χ1v) is 12.4. The number of hydrogen-bond acceptors (Lipinski definition) is 5. The number of hydrogen-bond donors (Lipinski definition) is 2. The van der Waals surface area contributed by atoms with Crippen LogP contribution < -0.4 is 11.1 Å². The average Bonchev–Trinajstić information content (AvgIpc) is 2.87. The highest BCUT2D eigenvalue weighted by Crippen LogP contribution is 2.35. The van der Waals surface area contributed by atoms with E-state index in [0.717, 1.165) is 25.2 Å². The molecule has 0 saturated carbocycles. The van der Waals surface area contributed by atoms with Gasteiger partial charge < -0.3 is 16.0 Å². The zero-order valence-electron chi connectivity index (χ0n) is 21.3. The van der Waals surface area contributed by atoms with Gasteiger partial charge in [0.25, 0.3) is 5.91 Å². The Hall–Kier alpha value is -3.65. The molecule has 3 aromatic rings. The van der Waals surface area contributed by atoms with E-state index in [1.165, 1.54) is 30.5 Å². The molecule has 2 aromatic carbocycles. The van der Waals surface area contributed by atoms with Gasteiger partial charge in [-0.2, -0.15) is 13.2 Å². The van der Waals surface area contributed by atoms with Crippen LogP contribution in [0.3, 0.4) is 0 Å². The van der Waals surface area contributed by atoms with Crippen LogP contribution in [-0.2, 0) is 12.7 Å². The fraction of sp³-hybridized carbons (Fsp3) is 0.286. The minimum atomic E-state index is -4.59. The number of rotatable bonds is 4. The number of carbonyl (C=O) groups excluding carboxylic acids is 1. The molecule has 1 aliphatic rings. The molecule has 11 heteroatoms. The van der Waals surface area contributed by atoms with Gasteiger partial charge in [-0.25, -0.2) is 9.37 Å². The van der Waals surface area contributed by atoms with Crippen LogP contribution in [0.15, 0.2) is 42.6 Å². The van der Waals surface area contributed by atoms with E-state index in [0.29, 0.717) is 24.2 Å². The summed E-state index contributed by atoms with van der Waals surface area (Å²) in [5.74, 6) is 3.96. The highest BCUT2D eigenvalue weighted by molar-refractivity contribution is 6.34. The summed E-state index contributed by atoms with van der Waals surface area (Å²) in [7, 11) is 1.98. The predicted octanol–water partition coefficient (Wildman–Crippen LogP) is 5.18. The molecule has 0 radical (unpaired) electrons. The Bertz CT molecular complexity index is 1460. The lowest BCUT2D eigenvalue weighted by atomic mass is 10.0. The van der Waals surface area contributed by atoms with Crippen molar-refractivity contribution in [3.8, 4) is 11.8 Å². The Morgan fingerprint density at radius 3 is 2.51 bits per heavy atom. The molecule has 1 saturated heterocycles. The highest BCUT2D eigenvalue weighted by atomic mass is 35.5. The van der Waals surface area contributed by atoms with Crippen LogP contribution in [0.4, 0.5) is 29.1 Å². The molecule has 0 spiro atoms. The van der Waals surface area contributed by atoms with Gasteiger partial charge in [-0.3, -0.25) is 9.69 Å². The van der Waals surface area contributed by atoms with Crippen LogP contribution in [0.5, 0.6) is 0 Å². The van der Waals surface area contributed by atoms with Crippen molar-refractivity contribution in [1.29, 1.82) is 0 Å². The largest absolute Gasteiger partial charge is 0.416 e. The molecule has 39 heavy (non-hydrogen) atoms. The summed E-state index contributed by atoms with van der Waals surface area (Å²) in [6.07, 6.45) is -3.28. The zero-order valence-corrected chi connectivity index (χ0v) is 22.0. The summed E-state index contributed by atoms with van der Waals surface area (Å²) in [5, 5.41) is 2.63. The Morgan fingerprint density at radius 2 is 1.85 bits per heavy atom. The number of likely N-dealkylation sites (N-methyl/N-ethyl adjacent to an activating group) is 1. The molecular weight excluding hydrogens is 534 g/mol. The topological polar surface area (TPSA) is 74.5 Å². The Morgan fingerprint density at radius 1 is 1.13 bits per heavy atom. The number of aromatic nitrogens is 1. The quantitative estimate of drug-likeness (QED) is 0.340. The Balaban J connectivity index is 1.57. The van der Waals surface area contributed by atoms with Crippen molar-refractivity contribution < 1.29 is 22.4 Å². The van der Waals surface area contributed by atoms with E-state index >= 15 is 0 Å². The molecule has 4 rings (SSSR count). The molecule has 1 aromatic heterocycles. The minimum absolute atomic E-state index is 0.0119. The number of benzene rings is 2. The summed E-state index contributed by atoms with van der Waals surface area (Å²) in [6.45, 7) is 4.81. The number of pyridine rings is 1. The first-order chi connectivity index (χ1) is 18.4. The van der Waals surface area contributed by atoms with Crippen LogP contribution in [0, 0.1) is 24.6 Å². The average molecular weight is 560 g/mol. The molecular formula is C28H26ClF4N5O. The number of nitrogen functional groups attached to an aromatic ring is 1. The Labute approximate surface area is 228 Å². The highest BCUT2D eigenvalue weighted by Gasteiger charge is 2.34. The van der Waals surface area contributed by atoms with E-state index < -0.39 is 23.5 Å². The van der Waals surface area contributed by atoms with Crippen LogP contribution >= 0.6 is 11.6 Å². The van der Waals surface area contributed by atoms with E-state index in [-0.39, 0.29) is 39.8 Å². The van der Waals surface area contributed by atoms with Crippen molar-refractivity contribution in [2.45, 2.75) is 19.6 Å². The van der Waals surface area contributed by atoms with Crippen LogP contribution in [0.1, 0.15) is 38.2 Å². The number of nitrogens with two attached hydrogens (primary N) is 1. The first kappa shape index (κ1) is 28.4. The summed E-state index contributed by atoms with van der Waals surface area (Å²) in [4.78, 5) is 20.9. The third-order valence-electron chi connectivity index (χ3n) is 6.43. The summed E-state index contributed by atoms with van der Waals surface area (Å²) < 4.78 is 55.5. The van der Waals surface area contributed by atoms with Gasteiger partial charge in [0.05, 0.1) is 16.1 Å². The summed E-state index contributed by atoms with van der Waals surface area (Å²) >= 11 is 6.29. The van der Waals surface area contributed by atoms with Crippen molar-refractivity contribution >= 4 is 29.0 Å². The van der Waals surface area contributed by atoms with Crippen LogP contribution in [0.2, 0.25) is 5.02 Å². The number of amides is 1. The van der Waals surface area contributed by atoms with E-state index in [1.54, 1.807) is 6.92 Å². The van der Waals surface area contributed by atoms with Crippen LogP contribution in [-0.4, -0.2) is 53.9 Å². The molecule has 6 nitrogen and oxygen atoms in total. The molecule has 3 N–H and O–H groups in total. The molecule has 0 aliphatic carbocycles. The van der Waals surface area contributed by atoms with Crippen molar-refractivity contribution in [3.63, 3.8) is 0 Å². The lowest BCUT2D eigenvalue weighted by Gasteiger charge is -2.33. The van der Waals surface area contributed by atoms with Gasteiger partial charge in [0.2, 0.25) is 0 Å². The molecule has 0 atom stereocenters. The van der Waals surface area contributed by atoms with Gasteiger partial charge in [-0.05, 0) is 55.4 Å². The van der Waals surface area contributed by atoms with Gasteiger partial charge in [0.15, 0.2) is 11.6 Å². The number of nitrogens with zero attached hydrogens (tertiary/aromatic N) is 3. The minimum Gasteiger partial charge on any atom is -0.381 e. The molecule has 1 aliphatic heterocycles. The van der Waals surface area contributed by atoms with Gasteiger partial charge >= 0.3 is 6.18 Å². The summed E-state index contributed by atoms with van der Waals surface area (Å²) in [6, 6.07) is 7.89. The van der Waals surface area contributed by atoms with Gasteiger partial charge in [-0.15, -0.1) is 0 Å². The maximum atomic E-state index is 13.9. The molecule has 1 fully saturated rings. The van der Waals surface area contributed by atoms with Crippen LogP contribution in [0.25, 0.3) is 0 Å². The second-order valence-corrected chi connectivity index (χ2v) is 9.80. The van der Waals surface area contributed by atoms with Gasteiger partial charge in [0, 0.05) is 55.7 Å². The van der Waals surface area contributed by atoms with Crippen molar-refractivity contribution in [3.05, 3.63) is 86.8 Å². The number of anilines is 2. The number of aryl methyl sites for hydroxylation is 1. The summed E-state index contributed by atoms with van der Waals surface area (Å²) in [5.41, 5.74) is 6.10. The third-order valence-corrected chi connectivity index (χ3v) is 6.75. The second-order valence-electron chi connectivity index (χ2n) is 9.39. The normalized spacial score (nSPS) is 14.5. The monoisotopic (exact) mass is 559 g/mol. The third kappa shape index (κ3) is 7.06. The maximum Gasteiger partial charge on any atom is 0.416 e. The lowest BCUT2D eigenvalue weighted by Crippen LogP contribution is -2.44. The standard InChI is InChI=1S/C28H26ClF4N5O/c1-17-11-24(29)22(13-19(17)4-3-18-12-25(30)26(34)35-15-18)27(39)36-21-6-5-20(23(14-21)28(31,32)33)16-38-9-7-37(2)8-10-38/h5-6,11-15H,7-10,16H2,1-2H3,(H2,34,35)(H,36,39). The van der Waals surface area contributed by atoms with Crippen molar-refractivity contribution in [1.82, 2.24) is 14.8 Å².